The Hall–Kier alpha value is -1.10. The molecule has 1 rings (SSSR count). The zero-order valence-corrected chi connectivity index (χ0v) is 12.6. The Labute approximate surface area is 115 Å². The van der Waals surface area contributed by atoms with Crippen molar-refractivity contribution in [1.29, 1.82) is 0 Å². The minimum atomic E-state index is -0.413. The van der Waals surface area contributed by atoms with Crippen molar-refractivity contribution in [2.45, 2.75) is 46.1 Å². The summed E-state index contributed by atoms with van der Waals surface area (Å²) in [5.41, 5.74) is -0.413. The molecule has 1 heterocycles. The van der Waals surface area contributed by atoms with Gasteiger partial charge < -0.3 is 9.64 Å². The molecule has 0 N–H and O–H groups in total. The third kappa shape index (κ3) is 6.05. The molecule has 1 amide bonds. The number of nitrogens with zero attached hydrogens (tertiary/aromatic N) is 2. The first-order valence-corrected chi connectivity index (χ1v) is 7.04. The molecule has 1 aliphatic rings. The lowest BCUT2D eigenvalue weighted by atomic mass is 10.2. The lowest BCUT2D eigenvalue weighted by Crippen LogP contribution is -2.49. The molecule has 0 radical (unpaired) electrons. The third-order valence-electron chi connectivity index (χ3n) is 3.08. The van der Waals surface area contributed by atoms with Crippen LogP contribution < -0.4 is 0 Å². The van der Waals surface area contributed by atoms with Crippen molar-refractivity contribution < 1.29 is 14.3 Å². The normalized spacial score (nSPS) is 17.4. The van der Waals surface area contributed by atoms with E-state index in [-0.39, 0.29) is 11.9 Å². The summed E-state index contributed by atoms with van der Waals surface area (Å²) in [5, 5.41) is 0. The lowest BCUT2D eigenvalue weighted by molar-refractivity contribution is -0.155. The fourth-order valence-corrected chi connectivity index (χ4v) is 2.09. The molecule has 0 unspecified atom stereocenters. The molecular weight excluding hydrogens is 244 g/mol. The molecule has 0 aromatic carbocycles. The van der Waals surface area contributed by atoms with E-state index >= 15 is 0 Å². The Morgan fingerprint density at radius 1 is 1.11 bits per heavy atom. The zero-order valence-electron chi connectivity index (χ0n) is 12.6. The van der Waals surface area contributed by atoms with Crippen LogP contribution in [-0.2, 0) is 14.3 Å². The highest BCUT2D eigenvalue weighted by Gasteiger charge is 2.21. The predicted octanol–water partition coefficient (Wildman–Crippen LogP) is 1.27. The number of ether oxygens (including phenoxy) is 1. The van der Waals surface area contributed by atoms with Gasteiger partial charge in [-0.25, -0.2) is 0 Å². The number of amides is 1. The lowest BCUT2D eigenvalue weighted by Gasteiger charge is -2.34. The maximum Gasteiger partial charge on any atom is 0.307 e. The molecule has 5 heteroatoms. The minimum absolute atomic E-state index is 0.153. The second kappa shape index (κ2) is 6.89. The Kier molecular flexibility index (Phi) is 5.79. The summed E-state index contributed by atoms with van der Waals surface area (Å²) < 4.78 is 5.28. The number of hydrogen-bond donors (Lipinski definition) is 0. The second-order valence-corrected chi connectivity index (χ2v) is 5.91. The SMILES string of the molecule is CCC(=O)N1CCN(CCC(=O)OC(C)(C)C)CC1. The van der Waals surface area contributed by atoms with Crippen molar-refractivity contribution in [3.63, 3.8) is 0 Å². The van der Waals surface area contributed by atoms with Gasteiger partial charge in [0.1, 0.15) is 5.60 Å². The number of carbonyl (C=O) groups is 2. The second-order valence-electron chi connectivity index (χ2n) is 5.91. The average molecular weight is 270 g/mol. The van der Waals surface area contributed by atoms with Crippen LogP contribution in [0.1, 0.15) is 40.5 Å². The molecule has 1 saturated heterocycles. The fraction of sp³-hybridized carbons (Fsp3) is 0.857. The zero-order chi connectivity index (χ0) is 14.5. The van der Waals surface area contributed by atoms with Gasteiger partial charge in [-0.15, -0.1) is 0 Å². The van der Waals surface area contributed by atoms with Crippen LogP contribution in [0.4, 0.5) is 0 Å². The highest BCUT2D eigenvalue weighted by Crippen LogP contribution is 2.09. The van der Waals surface area contributed by atoms with Gasteiger partial charge in [0.15, 0.2) is 0 Å². The minimum Gasteiger partial charge on any atom is -0.460 e. The monoisotopic (exact) mass is 270 g/mol. The summed E-state index contributed by atoms with van der Waals surface area (Å²) in [6.07, 6.45) is 0.983. The van der Waals surface area contributed by atoms with Crippen molar-refractivity contribution in [2.24, 2.45) is 0 Å². The van der Waals surface area contributed by atoms with E-state index in [1.54, 1.807) is 0 Å². The molecule has 5 nitrogen and oxygen atoms in total. The van der Waals surface area contributed by atoms with Gasteiger partial charge in [-0.1, -0.05) is 6.92 Å². The van der Waals surface area contributed by atoms with E-state index in [4.69, 9.17) is 4.74 Å². The summed E-state index contributed by atoms with van der Waals surface area (Å²) in [4.78, 5) is 27.2. The molecule has 0 aromatic heterocycles. The van der Waals surface area contributed by atoms with Crippen LogP contribution in [0.5, 0.6) is 0 Å². The molecule has 0 saturated carbocycles. The van der Waals surface area contributed by atoms with E-state index in [0.717, 1.165) is 26.2 Å². The van der Waals surface area contributed by atoms with Crippen molar-refractivity contribution in [3.8, 4) is 0 Å². The Morgan fingerprint density at radius 3 is 2.16 bits per heavy atom. The van der Waals surface area contributed by atoms with Crippen LogP contribution in [0.2, 0.25) is 0 Å². The molecule has 1 aliphatic heterocycles. The quantitative estimate of drug-likeness (QED) is 0.722. The van der Waals surface area contributed by atoms with Crippen LogP contribution in [0.15, 0.2) is 0 Å². The van der Waals surface area contributed by atoms with Crippen LogP contribution in [0, 0.1) is 0 Å². The van der Waals surface area contributed by atoms with E-state index in [2.05, 4.69) is 4.90 Å². The molecule has 0 aliphatic carbocycles. The van der Waals surface area contributed by atoms with Crippen molar-refractivity contribution in [2.75, 3.05) is 32.7 Å². The topological polar surface area (TPSA) is 49.9 Å². The highest BCUT2D eigenvalue weighted by molar-refractivity contribution is 5.75. The van der Waals surface area contributed by atoms with E-state index in [0.29, 0.717) is 19.4 Å². The van der Waals surface area contributed by atoms with Crippen molar-refractivity contribution in [3.05, 3.63) is 0 Å². The van der Waals surface area contributed by atoms with Gasteiger partial charge >= 0.3 is 5.97 Å². The first-order chi connectivity index (χ1) is 8.81. The molecule has 0 spiro atoms. The standard InChI is InChI=1S/C14H26N2O3/c1-5-12(17)16-10-8-15(9-11-16)7-6-13(18)19-14(2,3)4/h5-11H2,1-4H3. The van der Waals surface area contributed by atoms with Crippen molar-refractivity contribution in [1.82, 2.24) is 9.80 Å². The Balaban J connectivity index is 2.23. The fourth-order valence-electron chi connectivity index (χ4n) is 2.09. The maximum atomic E-state index is 11.6. The number of rotatable bonds is 4. The van der Waals surface area contributed by atoms with Crippen LogP contribution in [0.3, 0.4) is 0 Å². The Morgan fingerprint density at radius 2 is 1.68 bits per heavy atom. The van der Waals surface area contributed by atoms with Gasteiger partial charge in [-0.2, -0.15) is 0 Å². The Bertz CT molecular complexity index is 315. The third-order valence-corrected chi connectivity index (χ3v) is 3.08. The summed E-state index contributed by atoms with van der Waals surface area (Å²) in [5.74, 6) is 0.0614. The molecule has 1 fully saturated rings. The van der Waals surface area contributed by atoms with Gasteiger partial charge in [-0.05, 0) is 20.8 Å². The molecule has 110 valence electrons. The van der Waals surface area contributed by atoms with Crippen LogP contribution in [0.25, 0.3) is 0 Å². The highest BCUT2D eigenvalue weighted by atomic mass is 16.6. The largest absolute Gasteiger partial charge is 0.460 e. The van der Waals surface area contributed by atoms with E-state index in [1.807, 2.05) is 32.6 Å². The van der Waals surface area contributed by atoms with Crippen LogP contribution in [-0.4, -0.2) is 60.0 Å². The van der Waals surface area contributed by atoms with Gasteiger partial charge in [-0.3, -0.25) is 14.5 Å². The molecule has 0 aromatic rings. The maximum absolute atomic E-state index is 11.6. The van der Waals surface area contributed by atoms with Gasteiger partial charge in [0.05, 0.1) is 6.42 Å². The molecular formula is C14H26N2O3. The van der Waals surface area contributed by atoms with Crippen LogP contribution >= 0.6 is 0 Å². The molecule has 19 heavy (non-hydrogen) atoms. The predicted molar refractivity (Wildman–Crippen MR) is 73.8 cm³/mol. The van der Waals surface area contributed by atoms with Gasteiger partial charge in [0, 0.05) is 39.1 Å². The summed E-state index contributed by atoms with van der Waals surface area (Å²) in [7, 11) is 0. The average Bonchev–Trinajstić information content (AvgIpc) is 2.34. The number of piperazine rings is 1. The van der Waals surface area contributed by atoms with Gasteiger partial charge in [0.2, 0.25) is 5.91 Å². The number of esters is 1. The smallest absolute Gasteiger partial charge is 0.307 e. The van der Waals surface area contributed by atoms with Gasteiger partial charge in [0.25, 0.3) is 0 Å². The summed E-state index contributed by atoms with van der Waals surface area (Å²) >= 11 is 0. The summed E-state index contributed by atoms with van der Waals surface area (Å²) in [6, 6.07) is 0. The van der Waals surface area contributed by atoms with E-state index in [1.165, 1.54) is 0 Å². The van der Waals surface area contributed by atoms with E-state index in [9.17, 15) is 9.59 Å². The van der Waals surface area contributed by atoms with E-state index < -0.39 is 5.60 Å². The van der Waals surface area contributed by atoms with Crippen molar-refractivity contribution >= 4 is 11.9 Å². The molecule has 0 bridgehead atoms. The first kappa shape index (κ1) is 16.0. The number of carbonyl (C=O) groups excluding carboxylic acids is 2. The first-order valence-electron chi connectivity index (χ1n) is 7.04. The molecule has 0 atom stereocenters. The number of hydrogen-bond acceptors (Lipinski definition) is 4. The summed E-state index contributed by atoms with van der Waals surface area (Å²) in [6.45, 7) is 11.4.